The van der Waals surface area contributed by atoms with Gasteiger partial charge in [0.15, 0.2) is 0 Å². The maximum atomic E-state index is 13.5. The van der Waals surface area contributed by atoms with E-state index in [0.29, 0.717) is 18.7 Å². The van der Waals surface area contributed by atoms with Gasteiger partial charge in [0, 0.05) is 25.8 Å². The Labute approximate surface area is 113 Å². The number of benzene rings is 1. The van der Waals surface area contributed by atoms with Crippen LogP contribution in [-0.4, -0.2) is 35.2 Å². The Kier molecular flexibility index (Phi) is 6.36. The molecule has 0 saturated heterocycles. The van der Waals surface area contributed by atoms with E-state index in [2.05, 4.69) is 10.0 Å². The zero-order chi connectivity index (χ0) is 14.3. The molecule has 0 aliphatic heterocycles. The summed E-state index contributed by atoms with van der Waals surface area (Å²) in [5.74, 6) is -0.420. The van der Waals surface area contributed by atoms with E-state index in [1.807, 2.05) is 6.92 Å². The Morgan fingerprint density at radius 1 is 1.37 bits per heavy atom. The van der Waals surface area contributed by atoms with Gasteiger partial charge in [-0.3, -0.25) is 0 Å². The van der Waals surface area contributed by atoms with Crippen molar-refractivity contribution in [3.63, 3.8) is 0 Å². The highest BCUT2D eigenvalue weighted by molar-refractivity contribution is 7.89. The monoisotopic (exact) mass is 290 g/mol. The van der Waals surface area contributed by atoms with E-state index in [1.54, 1.807) is 0 Å². The van der Waals surface area contributed by atoms with Crippen molar-refractivity contribution < 1.29 is 17.5 Å². The fraction of sp³-hybridized carbons (Fsp3) is 0.500. The molecule has 0 aliphatic carbocycles. The van der Waals surface area contributed by atoms with Crippen molar-refractivity contribution >= 4 is 10.0 Å². The third kappa shape index (κ3) is 4.87. The number of nitrogens with one attached hydrogen (secondary N) is 2. The van der Waals surface area contributed by atoms with Crippen LogP contribution in [0.3, 0.4) is 0 Å². The molecule has 0 bridgehead atoms. The number of hydrogen-bond acceptors (Lipinski definition) is 4. The van der Waals surface area contributed by atoms with Gasteiger partial charge in [0.25, 0.3) is 0 Å². The molecule has 1 aromatic rings. The summed E-state index contributed by atoms with van der Waals surface area (Å²) >= 11 is 0. The Hall–Kier alpha value is -1.02. The quantitative estimate of drug-likeness (QED) is 0.697. The third-order valence-electron chi connectivity index (χ3n) is 2.49. The first-order chi connectivity index (χ1) is 9.01. The molecular formula is C12H19FN2O3S. The molecule has 0 saturated carbocycles. The highest BCUT2D eigenvalue weighted by atomic mass is 32.2. The summed E-state index contributed by atoms with van der Waals surface area (Å²) in [6, 6.07) is 3.75. The first kappa shape index (κ1) is 16.0. The van der Waals surface area contributed by atoms with Gasteiger partial charge >= 0.3 is 0 Å². The highest BCUT2D eigenvalue weighted by Crippen LogP contribution is 2.15. The molecule has 0 heterocycles. The molecule has 0 unspecified atom stereocenters. The van der Waals surface area contributed by atoms with Gasteiger partial charge < -0.3 is 10.1 Å². The molecule has 1 aromatic carbocycles. The largest absolute Gasteiger partial charge is 0.383 e. The molecular weight excluding hydrogens is 271 g/mol. The summed E-state index contributed by atoms with van der Waals surface area (Å²) in [6.07, 6.45) is 0. The van der Waals surface area contributed by atoms with Gasteiger partial charge in [0.1, 0.15) is 5.82 Å². The first-order valence-corrected chi connectivity index (χ1v) is 7.47. The Bertz CT molecular complexity index is 506. The van der Waals surface area contributed by atoms with Crippen molar-refractivity contribution in [1.29, 1.82) is 0 Å². The summed E-state index contributed by atoms with van der Waals surface area (Å²) < 4.78 is 44.5. The molecule has 2 N–H and O–H groups in total. The van der Waals surface area contributed by atoms with Crippen LogP contribution in [0.2, 0.25) is 0 Å². The molecule has 0 aliphatic rings. The highest BCUT2D eigenvalue weighted by Gasteiger charge is 2.15. The van der Waals surface area contributed by atoms with Crippen LogP contribution in [0.25, 0.3) is 0 Å². The van der Waals surface area contributed by atoms with Gasteiger partial charge in [-0.1, -0.05) is 6.92 Å². The fourth-order valence-corrected chi connectivity index (χ4v) is 2.54. The molecule has 0 aromatic heterocycles. The number of halogens is 1. The molecule has 0 atom stereocenters. The molecule has 0 spiro atoms. The van der Waals surface area contributed by atoms with Crippen molar-refractivity contribution in [3.8, 4) is 0 Å². The standard InChI is InChI=1S/C12H19FN2O3S/c1-3-14-9-10-8-11(4-5-12(10)13)19(16,17)15-6-7-18-2/h4-5,8,14-15H,3,6-7,9H2,1-2H3. The van der Waals surface area contributed by atoms with Crippen LogP contribution in [-0.2, 0) is 21.3 Å². The summed E-state index contributed by atoms with van der Waals surface area (Å²) in [5.41, 5.74) is 0.330. The second-order valence-electron chi connectivity index (χ2n) is 3.92. The topological polar surface area (TPSA) is 67.4 Å². The van der Waals surface area contributed by atoms with Gasteiger partial charge in [-0.05, 0) is 24.7 Å². The van der Waals surface area contributed by atoms with Gasteiger partial charge in [-0.15, -0.1) is 0 Å². The second kappa shape index (κ2) is 7.54. The normalized spacial score (nSPS) is 11.7. The van der Waals surface area contributed by atoms with Crippen LogP contribution in [0.1, 0.15) is 12.5 Å². The average Bonchev–Trinajstić information content (AvgIpc) is 2.37. The maximum Gasteiger partial charge on any atom is 0.240 e. The number of sulfonamides is 1. The lowest BCUT2D eigenvalue weighted by Crippen LogP contribution is -2.27. The van der Waals surface area contributed by atoms with Crippen molar-refractivity contribution in [2.24, 2.45) is 0 Å². The lowest BCUT2D eigenvalue weighted by atomic mass is 10.2. The predicted molar refractivity (Wildman–Crippen MR) is 70.8 cm³/mol. The van der Waals surface area contributed by atoms with Crippen molar-refractivity contribution in [2.75, 3.05) is 26.8 Å². The molecule has 0 radical (unpaired) electrons. The van der Waals surface area contributed by atoms with Crippen LogP contribution in [0.5, 0.6) is 0 Å². The minimum atomic E-state index is -3.62. The van der Waals surface area contributed by atoms with Gasteiger partial charge in [0.05, 0.1) is 11.5 Å². The molecule has 7 heteroatoms. The van der Waals surface area contributed by atoms with Crippen molar-refractivity contribution in [3.05, 3.63) is 29.6 Å². The zero-order valence-corrected chi connectivity index (χ0v) is 11.9. The van der Waals surface area contributed by atoms with Gasteiger partial charge in [0.2, 0.25) is 10.0 Å². The smallest absolute Gasteiger partial charge is 0.240 e. The maximum absolute atomic E-state index is 13.5. The Morgan fingerprint density at radius 3 is 2.74 bits per heavy atom. The second-order valence-corrected chi connectivity index (χ2v) is 5.69. The van der Waals surface area contributed by atoms with Crippen LogP contribution >= 0.6 is 0 Å². The molecule has 108 valence electrons. The number of ether oxygens (including phenoxy) is 1. The number of methoxy groups -OCH3 is 1. The summed E-state index contributed by atoms with van der Waals surface area (Å²) in [4.78, 5) is 0.0536. The van der Waals surface area contributed by atoms with Crippen LogP contribution in [0.15, 0.2) is 23.1 Å². The van der Waals surface area contributed by atoms with E-state index < -0.39 is 15.8 Å². The number of rotatable bonds is 8. The van der Waals surface area contributed by atoms with E-state index in [-0.39, 0.29) is 18.0 Å². The van der Waals surface area contributed by atoms with Crippen molar-refractivity contribution in [1.82, 2.24) is 10.0 Å². The summed E-state index contributed by atoms with van der Waals surface area (Å²) in [6.45, 7) is 3.33. The van der Waals surface area contributed by atoms with E-state index in [1.165, 1.54) is 19.2 Å². The minimum Gasteiger partial charge on any atom is -0.383 e. The van der Waals surface area contributed by atoms with E-state index in [0.717, 1.165) is 6.07 Å². The predicted octanol–water partition coefficient (Wildman–Crippen LogP) is 0.860. The zero-order valence-electron chi connectivity index (χ0n) is 11.1. The molecule has 0 amide bonds. The van der Waals surface area contributed by atoms with Crippen molar-refractivity contribution in [2.45, 2.75) is 18.4 Å². The average molecular weight is 290 g/mol. The Morgan fingerprint density at radius 2 is 2.11 bits per heavy atom. The van der Waals surface area contributed by atoms with Gasteiger partial charge in [-0.2, -0.15) is 0 Å². The lowest BCUT2D eigenvalue weighted by Gasteiger charge is -2.09. The lowest BCUT2D eigenvalue weighted by molar-refractivity contribution is 0.204. The fourth-order valence-electron chi connectivity index (χ4n) is 1.47. The van der Waals surface area contributed by atoms with E-state index in [9.17, 15) is 12.8 Å². The number of hydrogen-bond donors (Lipinski definition) is 2. The van der Waals surface area contributed by atoms with Crippen LogP contribution in [0, 0.1) is 5.82 Å². The molecule has 5 nitrogen and oxygen atoms in total. The first-order valence-electron chi connectivity index (χ1n) is 5.99. The minimum absolute atomic E-state index is 0.0536. The third-order valence-corrected chi connectivity index (χ3v) is 3.95. The van der Waals surface area contributed by atoms with Crippen LogP contribution < -0.4 is 10.0 Å². The molecule has 19 heavy (non-hydrogen) atoms. The molecule has 1 rings (SSSR count). The van der Waals surface area contributed by atoms with E-state index in [4.69, 9.17) is 4.74 Å². The van der Waals surface area contributed by atoms with Crippen LogP contribution in [0.4, 0.5) is 4.39 Å². The SMILES string of the molecule is CCNCc1cc(S(=O)(=O)NCCOC)ccc1F. The summed E-state index contributed by atoms with van der Waals surface area (Å²) in [5, 5.41) is 2.96. The Balaban J connectivity index is 2.88. The summed E-state index contributed by atoms with van der Waals surface area (Å²) in [7, 11) is -2.13. The van der Waals surface area contributed by atoms with E-state index >= 15 is 0 Å². The molecule has 0 fully saturated rings. The van der Waals surface area contributed by atoms with Gasteiger partial charge in [-0.25, -0.2) is 17.5 Å².